The molecular formula is C30H29F2N5. The number of nitrogens with one attached hydrogen (secondary N) is 1. The highest BCUT2D eigenvalue weighted by Gasteiger charge is 2.19. The number of nitrogens with zero attached hydrogens (tertiary/aromatic N) is 3. The van der Waals surface area contributed by atoms with E-state index in [2.05, 4.69) is 34.4 Å². The Kier molecular flexibility index (Phi) is 8.59. The molecule has 2 heterocycles. The summed E-state index contributed by atoms with van der Waals surface area (Å²) in [5.41, 5.74) is 11.1. The number of nitrogen functional groups attached to an aromatic ring is 1. The highest BCUT2D eigenvalue weighted by molar-refractivity contribution is 5.80. The van der Waals surface area contributed by atoms with Gasteiger partial charge < -0.3 is 15.6 Å². The number of H-pyrrole nitrogens is 1. The van der Waals surface area contributed by atoms with Crippen LogP contribution in [0, 0.1) is 31.4 Å². The molecule has 0 aliphatic heterocycles. The summed E-state index contributed by atoms with van der Waals surface area (Å²) in [4.78, 5) is 14.0. The third kappa shape index (κ3) is 5.76. The predicted molar refractivity (Wildman–Crippen MR) is 148 cm³/mol. The van der Waals surface area contributed by atoms with E-state index in [1.165, 1.54) is 6.07 Å². The topological polar surface area (TPSA) is 70.8 Å². The summed E-state index contributed by atoms with van der Waals surface area (Å²) in [7, 11) is 3.80. The van der Waals surface area contributed by atoms with Crippen LogP contribution >= 0.6 is 0 Å². The van der Waals surface area contributed by atoms with Crippen molar-refractivity contribution in [3.63, 3.8) is 0 Å². The lowest BCUT2D eigenvalue weighted by Crippen LogP contribution is -2.09. The van der Waals surface area contributed by atoms with Crippen molar-refractivity contribution in [2.75, 3.05) is 24.7 Å². The fourth-order valence-corrected chi connectivity index (χ4v) is 3.99. The lowest BCUT2D eigenvalue weighted by Gasteiger charge is -2.15. The minimum absolute atomic E-state index is 0.145. The third-order valence-electron chi connectivity index (χ3n) is 5.81. The third-order valence-corrected chi connectivity index (χ3v) is 5.81. The first kappa shape index (κ1) is 26.9. The predicted octanol–water partition coefficient (Wildman–Crippen LogP) is 6.16. The smallest absolute Gasteiger partial charge is 0.136 e. The Morgan fingerprint density at radius 3 is 2.54 bits per heavy atom. The van der Waals surface area contributed by atoms with Crippen LogP contribution in [-0.2, 0) is 6.42 Å². The van der Waals surface area contributed by atoms with Crippen LogP contribution in [0.5, 0.6) is 0 Å². The van der Waals surface area contributed by atoms with Crippen LogP contribution in [0.15, 0.2) is 73.6 Å². The number of hydrogen-bond donors (Lipinski definition) is 2. The number of aromatic nitrogens is 3. The van der Waals surface area contributed by atoms with Crippen molar-refractivity contribution in [2.24, 2.45) is 0 Å². The molecule has 0 bridgehead atoms. The van der Waals surface area contributed by atoms with Crippen molar-refractivity contribution in [3.05, 3.63) is 114 Å². The lowest BCUT2D eigenvalue weighted by molar-refractivity contribution is 0.617. The zero-order valence-corrected chi connectivity index (χ0v) is 21.1. The van der Waals surface area contributed by atoms with Crippen LogP contribution in [-0.4, -0.2) is 29.0 Å². The van der Waals surface area contributed by atoms with Crippen LogP contribution in [0.4, 0.5) is 20.2 Å². The van der Waals surface area contributed by atoms with Gasteiger partial charge in [-0.25, -0.2) is 13.8 Å². The van der Waals surface area contributed by atoms with Crippen LogP contribution < -0.4 is 10.6 Å². The Balaban J connectivity index is 0.00000186. The molecule has 7 heteroatoms. The van der Waals surface area contributed by atoms with Gasteiger partial charge in [-0.2, -0.15) is 0 Å². The summed E-state index contributed by atoms with van der Waals surface area (Å²) in [5, 5.41) is 0. The van der Waals surface area contributed by atoms with E-state index in [0.717, 1.165) is 11.4 Å². The molecule has 0 aliphatic rings. The number of rotatable bonds is 7. The van der Waals surface area contributed by atoms with Gasteiger partial charge in [-0.3, -0.25) is 4.98 Å². The van der Waals surface area contributed by atoms with Crippen molar-refractivity contribution < 1.29 is 8.78 Å². The molecule has 0 spiro atoms. The largest absolute Gasteiger partial charge is 0.398 e. The standard InChI is InChI=1S/C28H27F2N5.C2H2/c1-5-8-22(21-9-6-7-10-24(21)29)28-17(2)33-26(34-28)14-23-25(31)12-11-20(27(23)30)18-13-19(35(3)4)16-32-15-18;1-2/h5-13,15-16H,1,14,31H2,2-4H3,(H,33,34);1-2H/b22-8-;. The molecule has 0 amide bonds. The zero-order valence-electron chi connectivity index (χ0n) is 21.1. The van der Waals surface area contributed by atoms with Crippen molar-refractivity contribution >= 4 is 16.9 Å². The van der Waals surface area contributed by atoms with Crippen LogP contribution in [0.25, 0.3) is 16.7 Å². The highest BCUT2D eigenvalue weighted by Crippen LogP contribution is 2.32. The fourth-order valence-electron chi connectivity index (χ4n) is 3.99. The molecule has 2 aromatic heterocycles. The summed E-state index contributed by atoms with van der Waals surface area (Å²) < 4.78 is 30.2. The average molecular weight is 498 g/mol. The van der Waals surface area contributed by atoms with Crippen LogP contribution in [0.2, 0.25) is 0 Å². The molecule has 0 fully saturated rings. The van der Waals surface area contributed by atoms with Crippen molar-refractivity contribution in [1.82, 2.24) is 15.0 Å². The van der Waals surface area contributed by atoms with Gasteiger partial charge in [-0.15, -0.1) is 12.8 Å². The number of nitrogens with two attached hydrogens (primary N) is 1. The van der Waals surface area contributed by atoms with Gasteiger partial charge in [0.1, 0.15) is 17.5 Å². The van der Waals surface area contributed by atoms with Crippen molar-refractivity contribution in [3.8, 4) is 24.0 Å². The molecule has 0 atom stereocenters. The molecule has 188 valence electrons. The number of terminal acetylenes is 1. The Morgan fingerprint density at radius 2 is 1.86 bits per heavy atom. The van der Waals surface area contributed by atoms with E-state index in [-0.39, 0.29) is 12.2 Å². The maximum atomic E-state index is 15.7. The van der Waals surface area contributed by atoms with E-state index < -0.39 is 5.82 Å². The van der Waals surface area contributed by atoms with E-state index in [0.29, 0.717) is 45.0 Å². The van der Waals surface area contributed by atoms with Gasteiger partial charge >= 0.3 is 0 Å². The van der Waals surface area contributed by atoms with Crippen molar-refractivity contribution in [2.45, 2.75) is 13.3 Å². The van der Waals surface area contributed by atoms with Crippen LogP contribution in [0.1, 0.15) is 28.3 Å². The van der Waals surface area contributed by atoms with Gasteiger partial charge in [0, 0.05) is 65.9 Å². The first-order chi connectivity index (χ1) is 17.8. The number of aromatic amines is 1. The number of imidazole rings is 1. The van der Waals surface area contributed by atoms with E-state index in [1.54, 1.807) is 54.9 Å². The molecule has 0 unspecified atom stereocenters. The van der Waals surface area contributed by atoms with Gasteiger partial charge in [0.25, 0.3) is 0 Å². The van der Waals surface area contributed by atoms with E-state index >= 15 is 4.39 Å². The number of anilines is 2. The van der Waals surface area contributed by atoms with Gasteiger partial charge in [-0.05, 0) is 31.2 Å². The molecule has 0 saturated heterocycles. The van der Waals surface area contributed by atoms with Crippen molar-refractivity contribution in [1.29, 1.82) is 0 Å². The first-order valence-corrected chi connectivity index (χ1v) is 11.5. The summed E-state index contributed by atoms with van der Waals surface area (Å²) in [5.74, 6) is -0.262. The minimum atomic E-state index is -0.422. The number of pyridine rings is 1. The minimum Gasteiger partial charge on any atom is -0.398 e. The molecule has 0 aliphatic carbocycles. The second-order valence-electron chi connectivity index (χ2n) is 8.45. The number of aryl methyl sites for hydroxylation is 1. The Morgan fingerprint density at radius 1 is 1.14 bits per heavy atom. The fraction of sp³-hybridized carbons (Fsp3) is 0.133. The Bertz CT molecular complexity index is 1460. The quantitative estimate of drug-likeness (QED) is 0.182. The molecule has 0 saturated carbocycles. The molecule has 4 aromatic rings. The molecule has 4 rings (SSSR count). The monoisotopic (exact) mass is 497 g/mol. The maximum Gasteiger partial charge on any atom is 0.136 e. The number of hydrogen-bond acceptors (Lipinski definition) is 4. The summed E-state index contributed by atoms with van der Waals surface area (Å²) in [6.07, 6.45) is 14.8. The molecule has 5 nitrogen and oxygen atoms in total. The zero-order chi connectivity index (χ0) is 27.1. The second-order valence-corrected chi connectivity index (χ2v) is 8.45. The van der Waals surface area contributed by atoms with Gasteiger partial charge in [0.15, 0.2) is 0 Å². The lowest BCUT2D eigenvalue weighted by atomic mass is 9.99. The maximum absolute atomic E-state index is 15.7. The van der Waals surface area contributed by atoms with E-state index in [4.69, 9.17) is 5.73 Å². The molecule has 0 radical (unpaired) electrons. The number of benzene rings is 2. The Hall–Kier alpha value is -4.70. The first-order valence-electron chi connectivity index (χ1n) is 11.5. The average Bonchev–Trinajstić information content (AvgIpc) is 3.26. The molecule has 3 N–H and O–H groups in total. The van der Waals surface area contributed by atoms with Crippen LogP contribution in [0.3, 0.4) is 0 Å². The Labute approximate surface area is 216 Å². The van der Waals surface area contributed by atoms with E-state index in [9.17, 15) is 4.39 Å². The number of halogens is 2. The van der Waals surface area contributed by atoms with Gasteiger partial charge in [-0.1, -0.05) is 36.9 Å². The molecule has 2 aromatic carbocycles. The molecular weight excluding hydrogens is 468 g/mol. The summed E-state index contributed by atoms with van der Waals surface area (Å²) in [6, 6.07) is 11.7. The van der Waals surface area contributed by atoms with E-state index in [1.807, 2.05) is 32.0 Å². The highest BCUT2D eigenvalue weighted by atomic mass is 19.1. The second kappa shape index (κ2) is 11.8. The van der Waals surface area contributed by atoms with Gasteiger partial charge in [0.2, 0.25) is 0 Å². The summed E-state index contributed by atoms with van der Waals surface area (Å²) >= 11 is 0. The summed E-state index contributed by atoms with van der Waals surface area (Å²) in [6.45, 7) is 5.60. The number of allylic oxidation sites excluding steroid dienone is 2. The molecule has 37 heavy (non-hydrogen) atoms. The normalized spacial score (nSPS) is 10.9. The van der Waals surface area contributed by atoms with Gasteiger partial charge in [0.05, 0.1) is 17.6 Å². The SMILES string of the molecule is C#C.C=C/C=C(/c1ccccc1F)c1nc(Cc2c(N)ccc(-c3cncc(N(C)C)c3)c2F)[nH]c1C.